The van der Waals surface area contributed by atoms with E-state index in [4.69, 9.17) is 9.47 Å². The van der Waals surface area contributed by atoms with Gasteiger partial charge in [0.25, 0.3) is 0 Å². The summed E-state index contributed by atoms with van der Waals surface area (Å²) in [5.74, 6) is -0.950. The van der Waals surface area contributed by atoms with Gasteiger partial charge in [0.2, 0.25) is 0 Å². The summed E-state index contributed by atoms with van der Waals surface area (Å²) in [6, 6.07) is 3.31. The monoisotopic (exact) mass is 293 g/mol. The number of aromatic nitrogens is 1. The van der Waals surface area contributed by atoms with Crippen LogP contribution < -0.4 is 0 Å². The Bertz CT molecular complexity index is 511. The molecule has 1 aromatic rings. The van der Waals surface area contributed by atoms with Crippen molar-refractivity contribution in [2.45, 2.75) is 37.1 Å². The standard InChI is InChI=1S/C15H19NO5/c1-19-13(17)11-2-3-12(16-10-11)14(18)4-6-15(7-5-14)20-8-9-21-15/h2-3,10,18H,4-9H2,1H3. The molecule has 114 valence electrons. The average molecular weight is 293 g/mol. The van der Waals surface area contributed by atoms with Crippen LogP contribution in [-0.2, 0) is 19.8 Å². The van der Waals surface area contributed by atoms with Crippen LogP contribution in [0.4, 0.5) is 0 Å². The molecular weight excluding hydrogens is 274 g/mol. The maximum Gasteiger partial charge on any atom is 0.339 e. The van der Waals surface area contributed by atoms with Crippen molar-refractivity contribution in [2.24, 2.45) is 0 Å². The van der Waals surface area contributed by atoms with Gasteiger partial charge in [0.1, 0.15) is 5.60 Å². The van der Waals surface area contributed by atoms with Gasteiger partial charge in [-0.2, -0.15) is 0 Å². The second kappa shape index (κ2) is 5.36. The number of methoxy groups -OCH3 is 1. The van der Waals surface area contributed by atoms with E-state index in [1.807, 2.05) is 0 Å². The van der Waals surface area contributed by atoms with Gasteiger partial charge < -0.3 is 19.3 Å². The summed E-state index contributed by atoms with van der Waals surface area (Å²) in [7, 11) is 1.33. The maximum absolute atomic E-state index is 11.4. The predicted octanol–water partition coefficient (Wildman–Crippen LogP) is 1.37. The molecule has 0 unspecified atom stereocenters. The van der Waals surface area contributed by atoms with Gasteiger partial charge in [-0.15, -0.1) is 0 Å². The van der Waals surface area contributed by atoms with E-state index in [1.165, 1.54) is 13.3 Å². The van der Waals surface area contributed by atoms with Crippen molar-refractivity contribution in [2.75, 3.05) is 20.3 Å². The molecule has 1 saturated carbocycles. The van der Waals surface area contributed by atoms with Crippen LogP contribution in [0.2, 0.25) is 0 Å². The topological polar surface area (TPSA) is 77.9 Å². The summed E-state index contributed by atoms with van der Waals surface area (Å²) >= 11 is 0. The first-order valence-corrected chi connectivity index (χ1v) is 7.12. The number of hydrogen-bond acceptors (Lipinski definition) is 6. The normalized spacial score (nSPS) is 23.1. The quantitative estimate of drug-likeness (QED) is 0.830. The lowest BCUT2D eigenvalue weighted by Gasteiger charge is -2.40. The molecule has 2 fully saturated rings. The van der Waals surface area contributed by atoms with Crippen molar-refractivity contribution >= 4 is 5.97 Å². The highest BCUT2D eigenvalue weighted by atomic mass is 16.7. The van der Waals surface area contributed by atoms with Gasteiger partial charge in [0, 0.05) is 19.0 Å². The number of rotatable bonds is 2. The maximum atomic E-state index is 11.4. The van der Waals surface area contributed by atoms with Gasteiger partial charge >= 0.3 is 5.97 Å². The largest absolute Gasteiger partial charge is 0.465 e. The Balaban J connectivity index is 1.73. The first-order chi connectivity index (χ1) is 10.1. The minimum atomic E-state index is -0.991. The summed E-state index contributed by atoms with van der Waals surface area (Å²) in [5.41, 5.74) is -0.0440. The lowest BCUT2D eigenvalue weighted by atomic mass is 9.79. The first kappa shape index (κ1) is 14.4. The van der Waals surface area contributed by atoms with E-state index in [1.54, 1.807) is 12.1 Å². The van der Waals surface area contributed by atoms with Crippen molar-refractivity contribution in [1.82, 2.24) is 4.98 Å². The fraction of sp³-hybridized carbons (Fsp3) is 0.600. The molecule has 0 atom stereocenters. The van der Waals surface area contributed by atoms with E-state index in [0.717, 1.165) is 0 Å². The molecule has 1 N–H and O–H groups in total. The Kier molecular flexibility index (Phi) is 3.69. The van der Waals surface area contributed by atoms with Gasteiger partial charge in [0.15, 0.2) is 5.79 Å². The molecule has 6 heteroatoms. The molecular formula is C15H19NO5. The molecule has 6 nitrogen and oxygen atoms in total. The van der Waals surface area contributed by atoms with Crippen LogP contribution in [0.1, 0.15) is 41.7 Å². The highest BCUT2D eigenvalue weighted by Gasteiger charge is 2.46. The number of carbonyl (C=O) groups excluding carboxylic acids is 1. The molecule has 1 spiro atoms. The molecule has 0 radical (unpaired) electrons. The summed E-state index contributed by atoms with van der Waals surface area (Å²) in [6.45, 7) is 1.23. The Morgan fingerprint density at radius 3 is 2.43 bits per heavy atom. The number of carbonyl (C=O) groups is 1. The first-order valence-electron chi connectivity index (χ1n) is 7.12. The number of ether oxygens (including phenoxy) is 3. The third-order valence-corrected chi connectivity index (χ3v) is 4.31. The van der Waals surface area contributed by atoms with Crippen molar-refractivity contribution < 1.29 is 24.1 Å². The second-order valence-electron chi connectivity index (χ2n) is 5.56. The molecule has 2 aliphatic rings. The van der Waals surface area contributed by atoms with Crippen LogP contribution in [-0.4, -0.2) is 42.2 Å². The van der Waals surface area contributed by atoms with Gasteiger partial charge in [0.05, 0.1) is 31.6 Å². The van der Waals surface area contributed by atoms with Crippen molar-refractivity contribution in [3.63, 3.8) is 0 Å². The Morgan fingerprint density at radius 1 is 1.24 bits per heavy atom. The van der Waals surface area contributed by atoms with Crippen molar-refractivity contribution in [3.8, 4) is 0 Å². The number of esters is 1. The van der Waals surface area contributed by atoms with Gasteiger partial charge in [-0.25, -0.2) is 4.79 Å². The highest BCUT2D eigenvalue weighted by molar-refractivity contribution is 5.88. The zero-order valence-corrected chi connectivity index (χ0v) is 12.0. The minimum absolute atomic E-state index is 0.375. The summed E-state index contributed by atoms with van der Waals surface area (Å²) in [6.07, 6.45) is 3.77. The molecule has 21 heavy (non-hydrogen) atoms. The van der Waals surface area contributed by atoms with Crippen molar-refractivity contribution in [1.29, 1.82) is 0 Å². The average Bonchev–Trinajstić information content (AvgIpc) is 2.99. The van der Waals surface area contributed by atoms with Gasteiger partial charge in [-0.3, -0.25) is 4.98 Å². The Labute approximate surface area is 123 Å². The third-order valence-electron chi connectivity index (χ3n) is 4.31. The zero-order valence-electron chi connectivity index (χ0n) is 12.0. The molecule has 1 aromatic heterocycles. The van der Waals surface area contributed by atoms with Crippen LogP contribution in [0.15, 0.2) is 18.3 Å². The lowest BCUT2D eigenvalue weighted by molar-refractivity contribution is -0.204. The van der Waals surface area contributed by atoms with Crippen LogP contribution >= 0.6 is 0 Å². The smallest absolute Gasteiger partial charge is 0.339 e. The minimum Gasteiger partial charge on any atom is -0.465 e. The van der Waals surface area contributed by atoms with E-state index in [0.29, 0.717) is 50.2 Å². The molecule has 1 saturated heterocycles. The van der Waals surface area contributed by atoms with Crippen LogP contribution in [0, 0.1) is 0 Å². The molecule has 0 bridgehead atoms. The third kappa shape index (κ3) is 2.66. The van der Waals surface area contributed by atoms with Crippen molar-refractivity contribution in [3.05, 3.63) is 29.6 Å². The van der Waals surface area contributed by atoms with E-state index in [2.05, 4.69) is 9.72 Å². The Hall–Kier alpha value is -1.50. The van der Waals surface area contributed by atoms with E-state index < -0.39 is 17.4 Å². The molecule has 2 heterocycles. The molecule has 1 aliphatic heterocycles. The summed E-state index contributed by atoms with van der Waals surface area (Å²) in [5, 5.41) is 10.8. The fourth-order valence-corrected chi connectivity index (χ4v) is 2.99. The molecule has 1 aliphatic carbocycles. The number of aliphatic hydroxyl groups is 1. The fourth-order valence-electron chi connectivity index (χ4n) is 2.99. The predicted molar refractivity (Wildman–Crippen MR) is 72.6 cm³/mol. The highest BCUT2D eigenvalue weighted by Crippen LogP contribution is 2.44. The molecule has 0 aromatic carbocycles. The van der Waals surface area contributed by atoms with E-state index in [9.17, 15) is 9.90 Å². The van der Waals surface area contributed by atoms with Crippen LogP contribution in [0.3, 0.4) is 0 Å². The Morgan fingerprint density at radius 2 is 1.90 bits per heavy atom. The SMILES string of the molecule is COC(=O)c1ccc(C2(O)CCC3(CC2)OCCO3)nc1. The summed E-state index contributed by atoms with van der Waals surface area (Å²) in [4.78, 5) is 15.6. The number of nitrogens with zero attached hydrogens (tertiary/aromatic N) is 1. The summed E-state index contributed by atoms with van der Waals surface area (Å²) < 4.78 is 16.0. The number of hydrogen-bond donors (Lipinski definition) is 1. The van der Waals surface area contributed by atoms with Crippen LogP contribution in [0.25, 0.3) is 0 Å². The van der Waals surface area contributed by atoms with E-state index >= 15 is 0 Å². The van der Waals surface area contributed by atoms with Crippen LogP contribution in [0.5, 0.6) is 0 Å². The molecule has 0 amide bonds. The van der Waals surface area contributed by atoms with Gasteiger partial charge in [-0.05, 0) is 25.0 Å². The lowest BCUT2D eigenvalue weighted by Crippen LogP contribution is -2.42. The molecule has 3 rings (SSSR count). The van der Waals surface area contributed by atoms with E-state index in [-0.39, 0.29) is 0 Å². The zero-order chi connectivity index (χ0) is 14.9. The second-order valence-corrected chi connectivity index (χ2v) is 5.56. The van der Waals surface area contributed by atoms with Gasteiger partial charge in [-0.1, -0.05) is 0 Å². The number of pyridine rings is 1.